The van der Waals surface area contributed by atoms with Crippen molar-refractivity contribution in [2.75, 3.05) is 5.73 Å². The van der Waals surface area contributed by atoms with Crippen molar-refractivity contribution < 1.29 is 47.6 Å². The van der Waals surface area contributed by atoms with Crippen LogP contribution in [0.5, 0.6) is 5.75 Å². The molecule has 4 aromatic rings. The number of anilines is 1. The second-order valence-corrected chi connectivity index (χ2v) is 11.9. The first-order valence-corrected chi connectivity index (χ1v) is 14.1. The van der Waals surface area contributed by atoms with E-state index in [2.05, 4.69) is 65.6 Å². The third-order valence-corrected chi connectivity index (χ3v) is 7.64. The van der Waals surface area contributed by atoms with Crippen molar-refractivity contribution in [2.24, 2.45) is 20.5 Å². The Morgan fingerprint density at radius 3 is 1.78 bits per heavy atom. The molecule has 0 aliphatic heterocycles. The van der Waals surface area contributed by atoms with Crippen LogP contribution in [0.2, 0.25) is 10.0 Å². The standard InChI is InChI=1S/C22H13Cl2I2N5O4S.Na/c23-14-7-10(25)1-5-17(14)28-30-20-13-9-19(36(33,34)35)21(22(32)12(13)3-4-16(20)27)31-29-18-6-2-11(26)8-15(18)24;/h1-9,32H,27H2,(H,33,34,35);/q;+1/p-1. The van der Waals surface area contributed by atoms with Crippen molar-refractivity contribution in [2.45, 2.75) is 4.90 Å². The molecule has 0 unspecified atom stereocenters. The van der Waals surface area contributed by atoms with Gasteiger partial charge in [0.1, 0.15) is 32.9 Å². The SMILES string of the molecule is Nc1ccc2c(O)c(N=Nc3ccc(I)cc3Cl)c(S(=O)(=O)[O-])cc2c1N=Nc1ccc(I)cc1Cl.[Na+]. The molecule has 0 aromatic heterocycles. The number of nitrogen functional groups attached to an aromatic ring is 1. The number of phenolic OH excluding ortho intramolecular Hbond substituents is 1. The average Bonchev–Trinajstić information content (AvgIpc) is 2.79. The maximum atomic E-state index is 12.1. The number of azo groups is 2. The van der Waals surface area contributed by atoms with Gasteiger partial charge in [0.25, 0.3) is 0 Å². The Kier molecular flexibility index (Phi) is 10.2. The van der Waals surface area contributed by atoms with Crippen LogP contribution < -0.4 is 35.3 Å². The number of hydrogen-bond donors (Lipinski definition) is 2. The van der Waals surface area contributed by atoms with E-state index in [0.29, 0.717) is 10.7 Å². The molecule has 0 saturated heterocycles. The zero-order valence-electron chi connectivity index (χ0n) is 18.7. The molecule has 0 heterocycles. The number of rotatable bonds is 5. The van der Waals surface area contributed by atoms with Gasteiger partial charge in [-0.3, -0.25) is 0 Å². The quantitative estimate of drug-likeness (QED) is 0.0915. The number of benzene rings is 4. The second-order valence-electron chi connectivity index (χ2n) is 7.22. The predicted octanol–water partition coefficient (Wildman–Crippen LogP) is 5.38. The van der Waals surface area contributed by atoms with Crippen LogP contribution in [0.1, 0.15) is 0 Å². The van der Waals surface area contributed by atoms with Crippen LogP contribution in [-0.2, 0) is 10.1 Å². The Morgan fingerprint density at radius 1 is 0.784 bits per heavy atom. The summed E-state index contributed by atoms with van der Waals surface area (Å²) in [5, 5.41) is 27.8. The Bertz CT molecular complexity index is 1710. The van der Waals surface area contributed by atoms with E-state index in [4.69, 9.17) is 28.9 Å². The summed E-state index contributed by atoms with van der Waals surface area (Å²) in [6.07, 6.45) is 0. The summed E-state index contributed by atoms with van der Waals surface area (Å²) >= 11 is 16.5. The van der Waals surface area contributed by atoms with Gasteiger partial charge in [0.05, 0.1) is 20.6 Å². The summed E-state index contributed by atoms with van der Waals surface area (Å²) in [5.74, 6) is -0.601. The number of nitrogens with zero attached hydrogens (tertiary/aromatic N) is 4. The molecular weight excluding hydrogens is 778 g/mol. The number of nitrogens with two attached hydrogens (primary N) is 1. The van der Waals surface area contributed by atoms with Gasteiger partial charge < -0.3 is 15.4 Å². The molecule has 0 aliphatic carbocycles. The van der Waals surface area contributed by atoms with E-state index in [1.54, 1.807) is 36.4 Å². The van der Waals surface area contributed by atoms with Crippen molar-refractivity contribution in [3.05, 3.63) is 71.8 Å². The maximum Gasteiger partial charge on any atom is 1.00 e. The van der Waals surface area contributed by atoms with Crippen molar-refractivity contribution in [3.8, 4) is 5.75 Å². The van der Waals surface area contributed by atoms with E-state index in [0.717, 1.165) is 13.2 Å². The third kappa shape index (κ3) is 6.91. The monoisotopic (exact) mass is 789 g/mol. The fraction of sp³-hybridized carbons (Fsp3) is 0. The average molecular weight is 790 g/mol. The Balaban J connectivity index is 0.00000380. The minimum atomic E-state index is -5.11. The largest absolute Gasteiger partial charge is 1.00 e. The van der Waals surface area contributed by atoms with Gasteiger partial charge in [0.15, 0.2) is 5.75 Å². The molecule has 0 spiro atoms. The van der Waals surface area contributed by atoms with Gasteiger partial charge in [-0.05, 0) is 99.8 Å². The Labute approximate surface area is 270 Å². The number of phenols is 1. The zero-order chi connectivity index (χ0) is 26.2. The van der Waals surface area contributed by atoms with E-state index in [1.807, 2.05) is 0 Å². The molecule has 15 heteroatoms. The summed E-state index contributed by atoms with van der Waals surface area (Å²) < 4.78 is 38.1. The summed E-state index contributed by atoms with van der Waals surface area (Å²) in [7, 11) is -5.11. The number of aromatic hydroxyl groups is 1. The van der Waals surface area contributed by atoms with Gasteiger partial charge in [-0.15, -0.1) is 20.5 Å². The van der Waals surface area contributed by atoms with E-state index < -0.39 is 26.5 Å². The fourth-order valence-electron chi connectivity index (χ4n) is 3.15. The molecule has 4 aromatic carbocycles. The molecule has 0 radical (unpaired) electrons. The molecule has 184 valence electrons. The van der Waals surface area contributed by atoms with Crippen LogP contribution in [-0.4, -0.2) is 18.1 Å². The molecule has 0 atom stereocenters. The first kappa shape index (κ1) is 30.4. The van der Waals surface area contributed by atoms with Gasteiger partial charge in [-0.25, -0.2) is 8.42 Å². The number of hydrogen-bond acceptors (Lipinski definition) is 9. The molecule has 9 nitrogen and oxygen atoms in total. The van der Waals surface area contributed by atoms with E-state index in [1.165, 1.54) is 12.1 Å². The molecule has 4 rings (SSSR count). The first-order chi connectivity index (χ1) is 17.0. The normalized spacial score (nSPS) is 11.9. The molecule has 3 N–H and O–H groups in total. The molecular formula is C22H12Cl2I2N5NaO4S. The molecule has 0 fully saturated rings. The summed E-state index contributed by atoms with van der Waals surface area (Å²) in [6, 6.07) is 13.9. The van der Waals surface area contributed by atoms with Crippen LogP contribution in [0, 0.1) is 7.14 Å². The molecule has 0 bridgehead atoms. The summed E-state index contributed by atoms with van der Waals surface area (Å²) in [4.78, 5) is -0.813. The third-order valence-electron chi connectivity index (χ3n) is 4.84. The van der Waals surface area contributed by atoms with Crippen molar-refractivity contribution in [3.63, 3.8) is 0 Å². The number of halogens is 4. The molecule has 0 aliphatic rings. The van der Waals surface area contributed by atoms with Crippen molar-refractivity contribution >= 4 is 118 Å². The van der Waals surface area contributed by atoms with Crippen LogP contribution in [0.25, 0.3) is 10.8 Å². The minimum absolute atomic E-state index is 0. The van der Waals surface area contributed by atoms with Crippen molar-refractivity contribution in [1.82, 2.24) is 0 Å². The fourth-order valence-corrected chi connectivity index (χ4v) is 5.58. The smallest absolute Gasteiger partial charge is 0.744 e. The Hall–Kier alpha value is -1.11. The van der Waals surface area contributed by atoms with Gasteiger partial charge >= 0.3 is 29.6 Å². The minimum Gasteiger partial charge on any atom is -0.744 e. The molecule has 37 heavy (non-hydrogen) atoms. The molecule has 0 saturated carbocycles. The van der Waals surface area contributed by atoms with Crippen LogP contribution >= 0.6 is 68.4 Å². The first-order valence-electron chi connectivity index (χ1n) is 9.73. The summed E-state index contributed by atoms with van der Waals surface area (Å²) in [5.41, 5.74) is 6.25. The topological polar surface area (TPSA) is 153 Å². The van der Waals surface area contributed by atoms with Crippen LogP contribution in [0.3, 0.4) is 0 Å². The van der Waals surface area contributed by atoms with E-state index >= 15 is 0 Å². The maximum absolute atomic E-state index is 12.1. The number of fused-ring (bicyclic) bond motifs is 1. The van der Waals surface area contributed by atoms with Crippen molar-refractivity contribution in [1.29, 1.82) is 0 Å². The van der Waals surface area contributed by atoms with Gasteiger partial charge in [-0.1, -0.05) is 23.2 Å². The zero-order valence-corrected chi connectivity index (χ0v) is 27.3. The summed E-state index contributed by atoms with van der Waals surface area (Å²) in [6.45, 7) is 0. The second kappa shape index (κ2) is 12.4. The van der Waals surface area contributed by atoms with Crippen LogP contribution in [0.4, 0.5) is 28.4 Å². The van der Waals surface area contributed by atoms with Gasteiger partial charge in [0.2, 0.25) is 0 Å². The van der Waals surface area contributed by atoms with E-state index in [-0.39, 0.29) is 62.4 Å². The molecule has 0 amide bonds. The van der Waals surface area contributed by atoms with E-state index in [9.17, 15) is 18.1 Å². The predicted molar refractivity (Wildman–Crippen MR) is 155 cm³/mol. The van der Waals surface area contributed by atoms with Gasteiger partial charge in [-0.2, -0.15) is 0 Å². The Morgan fingerprint density at radius 2 is 1.30 bits per heavy atom. The van der Waals surface area contributed by atoms with Crippen LogP contribution in [0.15, 0.2) is 79.9 Å². The van der Waals surface area contributed by atoms with Gasteiger partial charge in [0, 0.05) is 17.9 Å².